The number of ether oxygens (including phenoxy) is 1. The molecule has 0 bridgehead atoms. The fourth-order valence-corrected chi connectivity index (χ4v) is 3.61. The Labute approximate surface area is 159 Å². The first kappa shape index (κ1) is 19.8. The van der Waals surface area contributed by atoms with Crippen LogP contribution in [0.5, 0.6) is 0 Å². The van der Waals surface area contributed by atoms with Gasteiger partial charge in [-0.3, -0.25) is 9.69 Å². The van der Waals surface area contributed by atoms with Gasteiger partial charge < -0.3 is 10.1 Å². The van der Waals surface area contributed by atoms with Gasteiger partial charge >= 0.3 is 6.18 Å². The first-order valence-electron chi connectivity index (χ1n) is 8.58. The molecule has 27 heavy (non-hydrogen) atoms. The van der Waals surface area contributed by atoms with Crippen LogP contribution in [0.15, 0.2) is 29.6 Å². The second-order valence-corrected chi connectivity index (χ2v) is 7.18. The molecule has 1 aliphatic rings. The Balaban J connectivity index is 1.62. The third-order valence-corrected chi connectivity index (χ3v) is 5.29. The normalized spacial score (nSPS) is 16.9. The van der Waals surface area contributed by atoms with Crippen molar-refractivity contribution in [2.45, 2.75) is 19.1 Å². The summed E-state index contributed by atoms with van der Waals surface area (Å²) in [7, 11) is 0. The van der Waals surface area contributed by atoms with E-state index < -0.39 is 11.7 Å². The van der Waals surface area contributed by atoms with Gasteiger partial charge in [-0.2, -0.15) is 13.2 Å². The van der Waals surface area contributed by atoms with Gasteiger partial charge in [0.05, 0.1) is 18.8 Å². The van der Waals surface area contributed by atoms with Gasteiger partial charge in [0, 0.05) is 36.6 Å². The van der Waals surface area contributed by atoms with E-state index in [4.69, 9.17) is 4.74 Å². The number of thiazole rings is 1. The summed E-state index contributed by atoms with van der Waals surface area (Å²) in [6, 6.07) is 5.11. The van der Waals surface area contributed by atoms with Crippen molar-refractivity contribution in [3.8, 4) is 10.6 Å². The molecular formula is C18H20F3N3O2S. The minimum absolute atomic E-state index is 0.166. The number of carbonyl (C=O) groups excluding carboxylic acids is 1. The molecule has 1 aromatic carbocycles. The molecule has 1 saturated heterocycles. The molecule has 0 aliphatic carbocycles. The lowest BCUT2D eigenvalue weighted by atomic mass is 10.1. The van der Waals surface area contributed by atoms with E-state index in [0.29, 0.717) is 30.3 Å². The highest BCUT2D eigenvalue weighted by Crippen LogP contribution is 2.33. The zero-order chi connectivity index (χ0) is 19.4. The van der Waals surface area contributed by atoms with Crippen molar-refractivity contribution in [1.82, 2.24) is 15.2 Å². The number of alkyl halides is 3. The van der Waals surface area contributed by atoms with Crippen LogP contribution in [0, 0.1) is 0 Å². The highest BCUT2D eigenvalue weighted by molar-refractivity contribution is 7.13. The molecule has 0 spiro atoms. The molecule has 1 N–H and O–H groups in total. The number of morpholine rings is 1. The van der Waals surface area contributed by atoms with Gasteiger partial charge in [-0.25, -0.2) is 4.98 Å². The van der Waals surface area contributed by atoms with E-state index in [1.165, 1.54) is 6.07 Å². The summed E-state index contributed by atoms with van der Waals surface area (Å²) in [6.45, 7) is 5.52. The van der Waals surface area contributed by atoms with Gasteiger partial charge in [-0.1, -0.05) is 12.1 Å². The van der Waals surface area contributed by atoms with E-state index in [1.54, 1.807) is 11.4 Å². The van der Waals surface area contributed by atoms with Crippen molar-refractivity contribution in [1.29, 1.82) is 0 Å². The number of hydrogen-bond donors (Lipinski definition) is 1. The van der Waals surface area contributed by atoms with Gasteiger partial charge in [0.2, 0.25) is 0 Å². The summed E-state index contributed by atoms with van der Waals surface area (Å²) in [5, 5.41) is 4.78. The zero-order valence-corrected chi connectivity index (χ0v) is 15.6. The summed E-state index contributed by atoms with van der Waals surface area (Å²) in [6.07, 6.45) is -4.41. The van der Waals surface area contributed by atoms with Crippen LogP contribution in [0.4, 0.5) is 13.2 Å². The van der Waals surface area contributed by atoms with Gasteiger partial charge in [-0.05, 0) is 19.1 Å². The van der Waals surface area contributed by atoms with Crippen molar-refractivity contribution in [3.63, 3.8) is 0 Å². The number of amides is 1. The van der Waals surface area contributed by atoms with Crippen molar-refractivity contribution in [2.24, 2.45) is 0 Å². The molecule has 1 unspecified atom stereocenters. The Hall–Kier alpha value is -1.97. The van der Waals surface area contributed by atoms with Crippen LogP contribution in [0.2, 0.25) is 0 Å². The molecular weight excluding hydrogens is 379 g/mol. The molecule has 5 nitrogen and oxygen atoms in total. The van der Waals surface area contributed by atoms with Crippen LogP contribution in [0.3, 0.4) is 0 Å². The predicted molar refractivity (Wildman–Crippen MR) is 96.7 cm³/mol. The summed E-state index contributed by atoms with van der Waals surface area (Å²) in [4.78, 5) is 18.7. The molecule has 2 heterocycles. The number of hydrogen-bond acceptors (Lipinski definition) is 5. The molecule has 1 fully saturated rings. The third kappa shape index (κ3) is 5.06. The fraction of sp³-hybridized carbons (Fsp3) is 0.444. The number of nitrogens with zero attached hydrogens (tertiary/aromatic N) is 2. The number of nitrogens with one attached hydrogen (secondary N) is 1. The minimum Gasteiger partial charge on any atom is -0.379 e. The Bertz CT molecular complexity index is 788. The minimum atomic E-state index is -4.41. The van der Waals surface area contributed by atoms with E-state index in [0.717, 1.165) is 36.6 Å². The molecule has 2 aromatic rings. The number of benzene rings is 1. The van der Waals surface area contributed by atoms with Crippen molar-refractivity contribution in [3.05, 3.63) is 40.9 Å². The van der Waals surface area contributed by atoms with Crippen molar-refractivity contribution in [2.75, 3.05) is 32.8 Å². The molecule has 1 amide bonds. The monoisotopic (exact) mass is 399 g/mol. The Morgan fingerprint density at radius 1 is 1.37 bits per heavy atom. The number of carbonyl (C=O) groups is 1. The zero-order valence-electron chi connectivity index (χ0n) is 14.8. The van der Waals surface area contributed by atoms with Gasteiger partial charge in [-0.15, -0.1) is 11.3 Å². The summed E-state index contributed by atoms with van der Waals surface area (Å²) in [5.74, 6) is -0.329. The van der Waals surface area contributed by atoms with Gasteiger partial charge in [0.25, 0.3) is 5.91 Å². The first-order valence-corrected chi connectivity index (χ1v) is 9.45. The molecule has 0 saturated carbocycles. The molecule has 1 aromatic heterocycles. The van der Waals surface area contributed by atoms with E-state index in [2.05, 4.69) is 15.2 Å². The maximum absolute atomic E-state index is 12.9. The largest absolute Gasteiger partial charge is 0.416 e. The Kier molecular flexibility index (Phi) is 6.13. The Morgan fingerprint density at radius 2 is 2.11 bits per heavy atom. The smallest absolute Gasteiger partial charge is 0.379 e. The topological polar surface area (TPSA) is 54.5 Å². The number of aromatic nitrogens is 1. The number of halogens is 3. The van der Waals surface area contributed by atoms with Gasteiger partial charge in [0.15, 0.2) is 0 Å². The molecule has 1 aliphatic heterocycles. The van der Waals surface area contributed by atoms with Crippen LogP contribution in [0.1, 0.15) is 23.0 Å². The summed E-state index contributed by atoms with van der Waals surface area (Å²) < 4.78 is 43.9. The lowest BCUT2D eigenvalue weighted by Gasteiger charge is -2.32. The highest BCUT2D eigenvalue weighted by Gasteiger charge is 2.30. The average Bonchev–Trinajstić information content (AvgIpc) is 3.16. The molecule has 0 radical (unpaired) electrons. The van der Waals surface area contributed by atoms with Crippen molar-refractivity contribution < 1.29 is 22.7 Å². The van der Waals surface area contributed by atoms with E-state index >= 15 is 0 Å². The summed E-state index contributed by atoms with van der Waals surface area (Å²) >= 11 is 1.15. The average molecular weight is 399 g/mol. The van der Waals surface area contributed by atoms with Gasteiger partial charge in [0.1, 0.15) is 10.7 Å². The predicted octanol–water partition coefficient (Wildman–Crippen LogP) is 3.28. The van der Waals surface area contributed by atoms with E-state index in [-0.39, 0.29) is 17.6 Å². The van der Waals surface area contributed by atoms with E-state index in [1.807, 2.05) is 6.92 Å². The molecule has 9 heteroatoms. The van der Waals surface area contributed by atoms with Crippen LogP contribution >= 0.6 is 11.3 Å². The quantitative estimate of drug-likeness (QED) is 0.839. The van der Waals surface area contributed by atoms with E-state index in [9.17, 15) is 18.0 Å². The second kappa shape index (κ2) is 8.37. The molecule has 146 valence electrons. The maximum atomic E-state index is 12.9. The van der Waals surface area contributed by atoms with Crippen LogP contribution in [-0.2, 0) is 10.9 Å². The van der Waals surface area contributed by atoms with Crippen LogP contribution in [0.25, 0.3) is 10.6 Å². The number of rotatable bonds is 5. The van der Waals surface area contributed by atoms with Crippen LogP contribution in [-0.4, -0.2) is 54.7 Å². The first-order chi connectivity index (χ1) is 12.8. The lowest BCUT2D eigenvalue weighted by molar-refractivity contribution is -0.137. The van der Waals surface area contributed by atoms with Crippen molar-refractivity contribution >= 4 is 17.2 Å². The third-order valence-electron chi connectivity index (χ3n) is 4.40. The Morgan fingerprint density at radius 3 is 2.81 bits per heavy atom. The second-order valence-electron chi connectivity index (χ2n) is 6.32. The maximum Gasteiger partial charge on any atom is 0.416 e. The van der Waals surface area contributed by atoms with Crippen LogP contribution < -0.4 is 5.32 Å². The standard InChI is InChI=1S/C18H20F3N3O2S/c1-12(24-5-7-26-8-6-24)10-22-16(25)15-11-27-17(23-15)13-3-2-4-14(9-13)18(19,20)21/h2-4,9,11-12H,5-8,10H2,1H3,(H,22,25). The fourth-order valence-electron chi connectivity index (χ4n) is 2.82. The highest BCUT2D eigenvalue weighted by atomic mass is 32.1. The molecule has 3 rings (SSSR count). The molecule has 1 atom stereocenters. The SMILES string of the molecule is CC(CNC(=O)c1csc(-c2cccc(C(F)(F)F)c2)n1)N1CCOCC1. The lowest BCUT2D eigenvalue weighted by Crippen LogP contribution is -2.47. The summed E-state index contributed by atoms with van der Waals surface area (Å²) in [5.41, 5.74) is -0.183.